The maximum absolute atomic E-state index is 14.1. The first kappa shape index (κ1) is 19.6. The molecule has 0 aliphatic carbocycles. The number of carbonyl (C=O) groups is 1. The Bertz CT molecular complexity index is 1210. The van der Waals surface area contributed by atoms with Crippen molar-refractivity contribution in [3.8, 4) is 21.8 Å². The van der Waals surface area contributed by atoms with Crippen LogP contribution in [-0.2, 0) is 0 Å². The summed E-state index contributed by atoms with van der Waals surface area (Å²) in [6.45, 7) is 0. The van der Waals surface area contributed by atoms with E-state index in [4.69, 9.17) is 23.2 Å². The Hall–Kier alpha value is -2.73. The highest BCUT2D eigenvalue weighted by molar-refractivity contribution is 7.13. The molecule has 144 valence electrons. The standard InChI is InChI=1S/C22H13Cl2FN2OS/c23-16-10-9-13(11-17(16)24)21(28)26-19-8-4-2-6-15(19)20-12-29-22(27-20)14-5-1-3-7-18(14)25/h1-12H,(H,26,28). The van der Waals surface area contributed by atoms with Gasteiger partial charge in [-0.1, -0.05) is 53.5 Å². The van der Waals surface area contributed by atoms with Crippen LogP contribution in [0.3, 0.4) is 0 Å². The van der Waals surface area contributed by atoms with E-state index in [0.29, 0.717) is 37.6 Å². The molecule has 0 bridgehead atoms. The van der Waals surface area contributed by atoms with Crippen molar-refractivity contribution in [1.82, 2.24) is 4.98 Å². The van der Waals surface area contributed by atoms with Gasteiger partial charge >= 0.3 is 0 Å². The van der Waals surface area contributed by atoms with E-state index in [1.807, 2.05) is 23.6 Å². The molecule has 7 heteroatoms. The minimum absolute atomic E-state index is 0.307. The van der Waals surface area contributed by atoms with Gasteiger partial charge in [0.1, 0.15) is 10.8 Å². The lowest BCUT2D eigenvalue weighted by atomic mass is 10.1. The van der Waals surface area contributed by atoms with Crippen LogP contribution in [0.25, 0.3) is 21.8 Å². The smallest absolute Gasteiger partial charge is 0.255 e. The van der Waals surface area contributed by atoms with Crippen molar-refractivity contribution in [3.63, 3.8) is 0 Å². The number of carbonyl (C=O) groups excluding carboxylic acids is 1. The molecule has 0 saturated heterocycles. The van der Waals surface area contributed by atoms with Gasteiger partial charge in [0.05, 0.1) is 21.4 Å². The van der Waals surface area contributed by atoms with Crippen molar-refractivity contribution < 1.29 is 9.18 Å². The molecule has 4 aromatic rings. The van der Waals surface area contributed by atoms with Gasteiger partial charge < -0.3 is 5.32 Å². The molecule has 3 nitrogen and oxygen atoms in total. The molecule has 1 amide bonds. The zero-order valence-corrected chi connectivity index (χ0v) is 17.2. The molecule has 29 heavy (non-hydrogen) atoms. The molecule has 0 aliphatic heterocycles. The molecular formula is C22H13Cl2FN2OS. The Balaban J connectivity index is 1.65. The summed E-state index contributed by atoms with van der Waals surface area (Å²) in [6.07, 6.45) is 0. The second kappa shape index (κ2) is 8.33. The molecule has 0 spiro atoms. The lowest BCUT2D eigenvalue weighted by molar-refractivity contribution is 0.102. The first-order valence-corrected chi connectivity index (χ1v) is 10.2. The van der Waals surface area contributed by atoms with E-state index < -0.39 is 0 Å². The van der Waals surface area contributed by atoms with Crippen molar-refractivity contribution in [2.24, 2.45) is 0 Å². The largest absolute Gasteiger partial charge is 0.321 e. The van der Waals surface area contributed by atoms with E-state index in [0.717, 1.165) is 5.56 Å². The number of thiazole rings is 1. The van der Waals surface area contributed by atoms with Gasteiger partial charge in [-0.15, -0.1) is 11.3 Å². The number of hydrogen-bond acceptors (Lipinski definition) is 3. The van der Waals surface area contributed by atoms with Crippen LogP contribution in [-0.4, -0.2) is 10.9 Å². The number of halogens is 3. The number of amides is 1. The number of anilines is 1. The fourth-order valence-corrected chi connectivity index (χ4v) is 3.95. The van der Waals surface area contributed by atoms with Crippen LogP contribution < -0.4 is 5.32 Å². The summed E-state index contributed by atoms with van der Waals surface area (Å²) < 4.78 is 14.1. The third-order valence-electron chi connectivity index (χ3n) is 4.24. The van der Waals surface area contributed by atoms with E-state index in [9.17, 15) is 9.18 Å². The Morgan fingerprint density at radius 1 is 0.931 bits per heavy atom. The molecule has 1 heterocycles. The third-order valence-corrected chi connectivity index (χ3v) is 5.86. The van der Waals surface area contributed by atoms with Crippen molar-refractivity contribution in [2.45, 2.75) is 0 Å². The van der Waals surface area contributed by atoms with E-state index in [1.165, 1.54) is 23.5 Å². The number of nitrogens with zero attached hydrogens (tertiary/aromatic N) is 1. The Kier molecular flexibility index (Phi) is 5.62. The fraction of sp³-hybridized carbons (Fsp3) is 0. The molecular weight excluding hydrogens is 430 g/mol. The number of aromatic nitrogens is 1. The fourth-order valence-electron chi connectivity index (χ4n) is 2.80. The van der Waals surface area contributed by atoms with E-state index in [-0.39, 0.29) is 11.7 Å². The van der Waals surface area contributed by atoms with Gasteiger partial charge in [0.2, 0.25) is 0 Å². The van der Waals surface area contributed by atoms with Crippen LogP contribution in [0.15, 0.2) is 72.1 Å². The normalized spacial score (nSPS) is 10.7. The molecule has 0 unspecified atom stereocenters. The molecule has 0 atom stereocenters. The first-order valence-electron chi connectivity index (χ1n) is 8.59. The summed E-state index contributed by atoms with van der Waals surface area (Å²) in [7, 11) is 0. The van der Waals surface area contributed by atoms with Crippen LogP contribution in [0.5, 0.6) is 0 Å². The quantitative estimate of drug-likeness (QED) is 0.363. The average Bonchev–Trinajstić information content (AvgIpc) is 3.20. The molecule has 4 rings (SSSR count). The van der Waals surface area contributed by atoms with Crippen LogP contribution in [0.2, 0.25) is 10.0 Å². The lowest BCUT2D eigenvalue weighted by Crippen LogP contribution is -2.12. The highest BCUT2D eigenvalue weighted by Gasteiger charge is 2.15. The number of rotatable bonds is 4. The molecule has 0 saturated carbocycles. The monoisotopic (exact) mass is 442 g/mol. The molecule has 1 N–H and O–H groups in total. The minimum Gasteiger partial charge on any atom is -0.321 e. The summed E-state index contributed by atoms with van der Waals surface area (Å²) >= 11 is 13.3. The predicted molar refractivity (Wildman–Crippen MR) is 117 cm³/mol. The molecule has 0 fully saturated rings. The number of nitrogens with one attached hydrogen (secondary N) is 1. The van der Waals surface area contributed by atoms with E-state index >= 15 is 0 Å². The summed E-state index contributed by atoms with van der Waals surface area (Å²) in [4.78, 5) is 17.2. The Morgan fingerprint density at radius 3 is 2.41 bits per heavy atom. The lowest BCUT2D eigenvalue weighted by Gasteiger charge is -2.10. The summed E-state index contributed by atoms with van der Waals surface area (Å²) in [5.41, 5.74) is 2.81. The van der Waals surface area contributed by atoms with Gasteiger partial charge in [-0.25, -0.2) is 9.37 Å². The maximum atomic E-state index is 14.1. The van der Waals surface area contributed by atoms with Gasteiger partial charge in [0, 0.05) is 22.1 Å². The predicted octanol–water partition coefficient (Wildman–Crippen LogP) is 7.18. The summed E-state index contributed by atoms with van der Waals surface area (Å²) in [5.74, 6) is -0.643. The van der Waals surface area contributed by atoms with Gasteiger partial charge in [-0.3, -0.25) is 4.79 Å². The number of benzene rings is 3. The van der Waals surface area contributed by atoms with Crippen LogP contribution >= 0.6 is 34.5 Å². The van der Waals surface area contributed by atoms with Crippen molar-refractivity contribution in [3.05, 3.63) is 93.5 Å². The highest BCUT2D eigenvalue weighted by Crippen LogP contribution is 2.34. The summed E-state index contributed by atoms with van der Waals surface area (Å²) in [6, 6.07) is 18.5. The number of hydrogen-bond donors (Lipinski definition) is 1. The van der Waals surface area contributed by atoms with Gasteiger partial charge in [0.25, 0.3) is 5.91 Å². The third kappa shape index (κ3) is 4.17. The zero-order chi connectivity index (χ0) is 20.4. The number of para-hydroxylation sites is 1. The minimum atomic E-state index is -0.324. The topological polar surface area (TPSA) is 42.0 Å². The SMILES string of the molecule is O=C(Nc1ccccc1-c1csc(-c2ccccc2F)n1)c1ccc(Cl)c(Cl)c1. The molecule has 3 aromatic carbocycles. The summed E-state index contributed by atoms with van der Waals surface area (Å²) in [5, 5.41) is 5.98. The van der Waals surface area contributed by atoms with Crippen molar-refractivity contribution in [2.75, 3.05) is 5.32 Å². The van der Waals surface area contributed by atoms with Crippen LogP contribution in [0.1, 0.15) is 10.4 Å². The van der Waals surface area contributed by atoms with Crippen molar-refractivity contribution in [1.29, 1.82) is 0 Å². The van der Waals surface area contributed by atoms with E-state index in [2.05, 4.69) is 10.3 Å². The first-order chi connectivity index (χ1) is 14.0. The average molecular weight is 443 g/mol. The van der Waals surface area contributed by atoms with Gasteiger partial charge in [0.15, 0.2) is 0 Å². The Labute approximate surface area is 180 Å². The molecule has 0 aliphatic rings. The van der Waals surface area contributed by atoms with Crippen LogP contribution in [0.4, 0.5) is 10.1 Å². The molecule has 0 radical (unpaired) electrons. The van der Waals surface area contributed by atoms with Crippen LogP contribution in [0, 0.1) is 5.82 Å². The highest BCUT2D eigenvalue weighted by atomic mass is 35.5. The second-order valence-electron chi connectivity index (χ2n) is 6.15. The van der Waals surface area contributed by atoms with Crippen molar-refractivity contribution >= 4 is 46.1 Å². The second-order valence-corrected chi connectivity index (χ2v) is 7.82. The van der Waals surface area contributed by atoms with Gasteiger partial charge in [-0.2, -0.15) is 0 Å². The maximum Gasteiger partial charge on any atom is 0.255 e. The van der Waals surface area contributed by atoms with Gasteiger partial charge in [-0.05, 0) is 36.4 Å². The Morgan fingerprint density at radius 2 is 1.66 bits per heavy atom. The zero-order valence-electron chi connectivity index (χ0n) is 14.8. The van der Waals surface area contributed by atoms with E-state index in [1.54, 1.807) is 36.4 Å². The molecule has 1 aromatic heterocycles.